The zero-order valence-corrected chi connectivity index (χ0v) is 12.1. The minimum absolute atomic E-state index is 0.387. The largest absolute Gasteiger partial charge is 0.497 e. The van der Waals surface area contributed by atoms with Crippen molar-refractivity contribution in [2.24, 2.45) is 5.73 Å². The quantitative estimate of drug-likeness (QED) is 0.766. The molecule has 2 aromatic carbocycles. The van der Waals surface area contributed by atoms with E-state index in [1.54, 1.807) is 13.2 Å². The minimum Gasteiger partial charge on any atom is -0.497 e. The Hall–Kier alpha value is -2.33. The topological polar surface area (TPSA) is 64.3 Å². The van der Waals surface area contributed by atoms with E-state index in [0.717, 1.165) is 24.3 Å². The molecular formula is C17H20N2O2. The van der Waals surface area contributed by atoms with E-state index >= 15 is 0 Å². The molecule has 0 aromatic heterocycles. The van der Waals surface area contributed by atoms with Crippen molar-refractivity contribution in [2.75, 3.05) is 13.7 Å². The van der Waals surface area contributed by atoms with E-state index < -0.39 is 0 Å². The average Bonchev–Trinajstić information content (AvgIpc) is 2.52. The van der Waals surface area contributed by atoms with Gasteiger partial charge in [0.15, 0.2) is 0 Å². The van der Waals surface area contributed by atoms with E-state index in [0.29, 0.717) is 12.1 Å². The molecule has 0 saturated carbocycles. The van der Waals surface area contributed by atoms with Gasteiger partial charge in [0.2, 0.25) is 5.91 Å². The number of amides is 1. The van der Waals surface area contributed by atoms with Gasteiger partial charge in [-0.3, -0.25) is 4.79 Å². The second-order valence-electron chi connectivity index (χ2n) is 4.80. The van der Waals surface area contributed by atoms with Crippen molar-refractivity contribution in [3.05, 3.63) is 65.2 Å². The smallest absolute Gasteiger partial charge is 0.249 e. The summed E-state index contributed by atoms with van der Waals surface area (Å²) in [5, 5.41) is 3.34. The maximum Gasteiger partial charge on any atom is 0.249 e. The second kappa shape index (κ2) is 7.45. The molecule has 0 heterocycles. The molecule has 0 saturated heterocycles. The van der Waals surface area contributed by atoms with Gasteiger partial charge in [-0.25, -0.2) is 0 Å². The molecule has 0 atom stereocenters. The van der Waals surface area contributed by atoms with Gasteiger partial charge >= 0.3 is 0 Å². The van der Waals surface area contributed by atoms with Crippen LogP contribution >= 0.6 is 0 Å². The molecule has 4 nitrogen and oxygen atoms in total. The van der Waals surface area contributed by atoms with Crippen molar-refractivity contribution in [1.29, 1.82) is 0 Å². The van der Waals surface area contributed by atoms with Crippen LogP contribution in [-0.2, 0) is 13.0 Å². The number of nitrogens with one attached hydrogen (secondary N) is 1. The predicted octanol–water partition coefficient (Wildman–Crippen LogP) is 2.13. The highest BCUT2D eigenvalue weighted by Gasteiger charge is 2.06. The number of hydrogen-bond acceptors (Lipinski definition) is 3. The van der Waals surface area contributed by atoms with Crippen LogP contribution in [-0.4, -0.2) is 19.6 Å². The number of rotatable bonds is 7. The van der Waals surface area contributed by atoms with Crippen LogP contribution in [0.5, 0.6) is 5.75 Å². The molecule has 0 spiro atoms. The molecule has 21 heavy (non-hydrogen) atoms. The molecule has 110 valence electrons. The van der Waals surface area contributed by atoms with Crippen molar-refractivity contribution in [2.45, 2.75) is 13.0 Å². The number of ether oxygens (including phenoxy) is 1. The van der Waals surface area contributed by atoms with E-state index in [1.165, 1.54) is 5.56 Å². The first-order valence-electron chi connectivity index (χ1n) is 6.92. The Bertz CT molecular complexity index is 594. The fourth-order valence-corrected chi connectivity index (χ4v) is 2.16. The molecule has 0 bridgehead atoms. The van der Waals surface area contributed by atoms with E-state index in [4.69, 9.17) is 10.5 Å². The summed E-state index contributed by atoms with van der Waals surface area (Å²) in [7, 11) is 1.66. The summed E-state index contributed by atoms with van der Waals surface area (Å²) < 4.78 is 5.13. The van der Waals surface area contributed by atoms with Crippen molar-refractivity contribution in [1.82, 2.24) is 5.32 Å². The SMILES string of the molecule is COc1ccc(CCNCc2ccccc2C(N)=O)cc1. The predicted molar refractivity (Wildman–Crippen MR) is 83.4 cm³/mol. The molecule has 0 aliphatic carbocycles. The molecule has 0 radical (unpaired) electrons. The normalized spacial score (nSPS) is 10.3. The molecule has 3 N–H and O–H groups in total. The first-order valence-corrected chi connectivity index (χ1v) is 6.92. The van der Waals surface area contributed by atoms with Gasteiger partial charge in [-0.1, -0.05) is 30.3 Å². The highest BCUT2D eigenvalue weighted by atomic mass is 16.5. The van der Waals surface area contributed by atoms with Gasteiger partial charge in [-0.2, -0.15) is 0 Å². The first-order chi connectivity index (χ1) is 10.2. The third kappa shape index (κ3) is 4.33. The summed E-state index contributed by atoms with van der Waals surface area (Å²) in [6.07, 6.45) is 0.919. The van der Waals surface area contributed by atoms with Crippen LogP contribution in [0.15, 0.2) is 48.5 Å². The number of carbonyl (C=O) groups is 1. The summed E-state index contributed by atoms with van der Waals surface area (Å²) in [4.78, 5) is 11.3. The monoisotopic (exact) mass is 284 g/mol. The maximum absolute atomic E-state index is 11.3. The molecule has 1 amide bonds. The van der Waals surface area contributed by atoms with E-state index in [-0.39, 0.29) is 5.91 Å². The Labute approximate surface area is 124 Å². The molecule has 2 rings (SSSR count). The fraction of sp³-hybridized carbons (Fsp3) is 0.235. The minimum atomic E-state index is -0.387. The molecular weight excluding hydrogens is 264 g/mol. The first kappa shape index (κ1) is 15.1. The lowest BCUT2D eigenvalue weighted by molar-refractivity contribution is 0.0999. The summed E-state index contributed by atoms with van der Waals surface area (Å²) in [5.41, 5.74) is 8.11. The van der Waals surface area contributed by atoms with Crippen LogP contribution in [0, 0.1) is 0 Å². The van der Waals surface area contributed by atoms with Gasteiger partial charge in [0.1, 0.15) is 5.75 Å². The van der Waals surface area contributed by atoms with Crippen LogP contribution < -0.4 is 15.8 Å². The van der Waals surface area contributed by atoms with Gasteiger partial charge in [0, 0.05) is 12.1 Å². The highest BCUT2D eigenvalue weighted by molar-refractivity contribution is 5.94. The lowest BCUT2D eigenvalue weighted by Crippen LogP contribution is -2.20. The van der Waals surface area contributed by atoms with Crippen molar-refractivity contribution in [3.63, 3.8) is 0 Å². The van der Waals surface area contributed by atoms with Crippen LogP contribution in [0.1, 0.15) is 21.5 Å². The number of primary amides is 1. The number of carbonyl (C=O) groups excluding carboxylic acids is 1. The van der Waals surface area contributed by atoms with E-state index in [2.05, 4.69) is 17.4 Å². The van der Waals surface area contributed by atoms with E-state index in [1.807, 2.05) is 30.3 Å². The van der Waals surface area contributed by atoms with Gasteiger partial charge in [-0.15, -0.1) is 0 Å². The number of benzene rings is 2. The molecule has 0 aliphatic heterocycles. The molecule has 0 unspecified atom stereocenters. The summed E-state index contributed by atoms with van der Waals surface area (Å²) in [6, 6.07) is 15.4. The lowest BCUT2D eigenvalue weighted by Gasteiger charge is -2.08. The molecule has 2 aromatic rings. The maximum atomic E-state index is 11.3. The van der Waals surface area contributed by atoms with Crippen LogP contribution in [0.3, 0.4) is 0 Å². The van der Waals surface area contributed by atoms with Crippen LogP contribution in [0.4, 0.5) is 0 Å². The molecule has 0 aliphatic rings. The standard InChI is InChI=1S/C17H20N2O2/c1-21-15-8-6-13(7-9-15)10-11-19-12-14-4-2-3-5-16(14)17(18)20/h2-9,19H,10-12H2,1H3,(H2,18,20). The lowest BCUT2D eigenvalue weighted by atomic mass is 10.1. The number of methoxy groups -OCH3 is 1. The van der Waals surface area contributed by atoms with Crippen molar-refractivity contribution >= 4 is 5.91 Å². The van der Waals surface area contributed by atoms with Gasteiger partial charge in [-0.05, 0) is 42.3 Å². The van der Waals surface area contributed by atoms with Gasteiger partial charge < -0.3 is 15.8 Å². The summed E-state index contributed by atoms with van der Waals surface area (Å²) >= 11 is 0. The van der Waals surface area contributed by atoms with Crippen molar-refractivity contribution < 1.29 is 9.53 Å². The Kier molecular flexibility index (Phi) is 5.35. The summed E-state index contributed by atoms with van der Waals surface area (Å²) in [5.74, 6) is 0.477. The average molecular weight is 284 g/mol. The second-order valence-corrected chi connectivity index (χ2v) is 4.80. The Balaban J connectivity index is 1.83. The van der Waals surface area contributed by atoms with Gasteiger partial charge in [0.05, 0.1) is 7.11 Å². The Morgan fingerprint density at radius 3 is 2.52 bits per heavy atom. The molecule has 0 fully saturated rings. The van der Waals surface area contributed by atoms with Crippen molar-refractivity contribution in [3.8, 4) is 5.75 Å². The van der Waals surface area contributed by atoms with Crippen LogP contribution in [0.25, 0.3) is 0 Å². The fourth-order valence-electron chi connectivity index (χ4n) is 2.16. The Morgan fingerprint density at radius 2 is 1.86 bits per heavy atom. The summed E-state index contributed by atoms with van der Waals surface area (Å²) in [6.45, 7) is 1.47. The van der Waals surface area contributed by atoms with Crippen LogP contribution in [0.2, 0.25) is 0 Å². The highest BCUT2D eigenvalue weighted by Crippen LogP contribution is 2.11. The molecule has 4 heteroatoms. The zero-order valence-electron chi connectivity index (χ0n) is 12.1. The number of nitrogens with two attached hydrogens (primary N) is 1. The third-order valence-electron chi connectivity index (χ3n) is 3.35. The van der Waals surface area contributed by atoms with Gasteiger partial charge in [0.25, 0.3) is 0 Å². The third-order valence-corrected chi connectivity index (χ3v) is 3.35. The zero-order chi connectivity index (χ0) is 15.1. The van der Waals surface area contributed by atoms with E-state index in [9.17, 15) is 4.79 Å². The number of hydrogen-bond donors (Lipinski definition) is 2. The Morgan fingerprint density at radius 1 is 1.14 bits per heavy atom.